The summed E-state index contributed by atoms with van der Waals surface area (Å²) >= 11 is 5.99. The summed E-state index contributed by atoms with van der Waals surface area (Å²) in [5, 5.41) is 15.2. The molecule has 2 amide bonds. The van der Waals surface area contributed by atoms with E-state index in [9.17, 15) is 14.7 Å². The normalized spacial score (nSPS) is 10.5. The monoisotopic (exact) mass is 390 g/mol. The number of rotatable bonds is 7. The van der Waals surface area contributed by atoms with Crippen LogP contribution < -0.4 is 10.6 Å². The minimum atomic E-state index is -0.706. The van der Waals surface area contributed by atoms with Gasteiger partial charge >= 0.3 is 6.09 Å². The molecule has 2 aromatic carbocycles. The number of ether oxygens (including phenoxy) is 1. The van der Waals surface area contributed by atoms with Crippen molar-refractivity contribution in [3.63, 3.8) is 0 Å². The van der Waals surface area contributed by atoms with Gasteiger partial charge in [0.25, 0.3) is 0 Å². The van der Waals surface area contributed by atoms with E-state index < -0.39 is 6.09 Å². The van der Waals surface area contributed by atoms with Crippen LogP contribution in [0.25, 0.3) is 0 Å². The second kappa shape index (κ2) is 9.83. The van der Waals surface area contributed by atoms with Gasteiger partial charge in [-0.3, -0.25) is 10.1 Å². The van der Waals surface area contributed by atoms with Crippen molar-refractivity contribution in [2.45, 2.75) is 26.7 Å². The lowest BCUT2D eigenvalue weighted by Crippen LogP contribution is -2.17. The number of carbonyl (C=O) groups excluding carboxylic acids is 2. The topological polar surface area (TPSA) is 87.7 Å². The van der Waals surface area contributed by atoms with Gasteiger partial charge < -0.3 is 15.2 Å². The molecule has 0 bridgehead atoms. The lowest BCUT2D eigenvalue weighted by molar-refractivity contribution is -0.116. The molecule has 0 spiro atoms. The van der Waals surface area contributed by atoms with E-state index in [1.54, 1.807) is 0 Å². The molecule has 0 aliphatic carbocycles. The molecule has 2 rings (SSSR count). The number of aromatic hydroxyl groups is 1. The molecule has 2 aromatic rings. The summed E-state index contributed by atoms with van der Waals surface area (Å²) in [6.07, 6.45) is 0.190. The van der Waals surface area contributed by atoms with Gasteiger partial charge in [-0.2, -0.15) is 0 Å². The quantitative estimate of drug-likeness (QED) is 0.467. The third-order valence-corrected chi connectivity index (χ3v) is 3.90. The number of benzene rings is 2. The van der Waals surface area contributed by atoms with E-state index in [0.717, 1.165) is 5.56 Å². The fourth-order valence-electron chi connectivity index (χ4n) is 2.28. The molecule has 0 aliphatic heterocycles. The van der Waals surface area contributed by atoms with Crippen LogP contribution in [0.1, 0.15) is 25.8 Å². The average molecular weight is 391 g/mol. The van der Waals surface area contributed by atoms with Gasteiger partial charge in [-0.1, -0.05) is 55.8 Å². The van der Waals surface area contributed by atoms with E-state index in [2.05, 4.69) is 10.6 Å². The number of carbonyl (C=O) groups is 2. The van der Waals surface area contributed by atoms with Crippen LogP contribution in [-0.4, -0.2) is 23.7 Å². The van der Waals surface area contributed by atoms with Gasteiger partial charge in [0.15, 0.2) is 5.75 Å². The number of amides is 2. The van der Waals surface area contributed by atoms with Crippen molar-refractivity contribution in [3.8, 4) is 5.75 Å². The van der Waals surface area contributed by atoms with E-state index in [1.165, 1.54) is 12.1 Å². The smallest absolute Gasteiger partial charge is 0.411 e. The highest BCUT2D eigenvalue weighted by Crippen LogP contribution is 2.35. The Morgan fingerprint density at radius 3 is 2.52 bits per heavy atom. The third kappa shape index (κ3) is 6.83. The minimum Gasteiger partial charge on any atom is -0.504 e. The van der Waals surface area contributed by atoms with Crippen LogP contribution in [0.3, 0.4) is 0 Å². The fourth-order valence-corrected chi connectivity index (χ4v) is 2.50. The molecule has 6 nitrogen and oxygen atoms in total. The largest absolute Gasteiger partial charge is 0.504 e. The molecule has 0 atom stereocenters. The Kier molecular flexibility index (Phi) is 7.49. The number of phenolic OH excluding ortho intramolecular Hbond substituents is 1. The van der Waals surface area contributed by atoms with Crippen LogP contribution in [0, 0.1) is 5.92 Å². The Bertz CT molecular complexity index is 794. The van der Waals surface area contributed by atoms with Gasteiger partial charge in [0.05, 0.1) is 17.3 Å². The molecule has 27 heavy (non-hydrogen) atoms. The van der Waals surface area contributed by atoms with Crippen molar-refractivity contribution in [1.82, 2.24) is 0 Å². The summed E-state index contributed by atoms with van der Waals surface area (Å²) in [5.74, 6) is -0.308. The summed E-state index contributed by atoms with van der Waals surface area (Å²) in [4.78, 5) is 24.0. The summed E-state index contributed by atoms with van der Waals surface area (Å²) < 4.78 is 5.02. The first-order valence-electron chi connectivity index (χ1n) is 8.65. The number of halogens is 1. The summed E-state index contributed by atoms with van der Waals surface area (Å²) in [6.45, 7) is 4.07. The predicted octanol–water partition coefficient (Wildman–Crippen LogP) is 4.82. The maximum Gasteiger partial charge on any atom is 0.411 e. The van der Waals surface area contributed by atoms with E-state index in [4.69, 9.17) is 16.3 Å². The van der Waals surface area contributed by atoms with E-state index >= 15 is 0 Å². The second-order valence-corrected chi connectivity index (χ2v) is 6.91. The van der Waals surface area contributed by atoms with E-state index in [-0.39, 0.29) is 34.9 Å². The van der Waals surface area contributed by atoms with E-state index in [1.807, 2.05) is 44.2 Å². The van der Waals surface area contributed by atoms with Gasteiger partial charge in [0, 0.05) is 12.1 Å². The maximum absolute atomic E-state index is 12.2. The number of aryl methyl sites for hydroxylation is 1. The zero-order valence-corrected chi connectivity index (χ0v) is 16.0. The number of phenols is 1. The molecule has 7 heteroatoms. The van der Waals surface area contributed by atoms with Crippen LogP contribution in [0.5, 0.6) is 5.75 Å². The highest BCUT2D eigenvalue weighted by Gasteiger charge is 2.14. The third-order valence-electron chi connectivity index (χ3n) is 3.62. The highest BCUT2D eigenvalue weighted by atomic mass is 35.5. The number of hydrogen-bond acceptors (Lipinski definition) is 4. The number of nitrogens with one attached hydrogen (secondary N) is 2. The van der Waals surface area contributed by atoms with Gasteiger partial charge in [-0.05, 0) is 30.0 Å². The molecule has 3 N–H and O–H groups in total. The van der Waals surface area contributed by atoms with Gasteiger partial charge in [0.1, 0.15) is 0 Å². The van der Waals surface area contributed by atoms with Crippen LogP contribution in [0.4, 0.5) is 16.2 Å². The molecule has 144 valence electrons. The maximum atomic E-state index is 12.2. The second-order valence-electron chi connectivity index (χ2n) is 6.51. The molecule has 0 fully saturated rings. The highest BCUT2D eigenvalue weighted by molar-refractivity contribution is 6.33. The van der Waals surface area contributed by atoms with Crippen LogP contribution in [0.15, 0.2) is 42.5 Å². The Hall–Kier alpha value is -2.73. The Labute approximate surface area is 163 Å². The molecule has 0 heterocycles. The van der Waals surface area contributed by atoms with Crippen LogP contribution >= 0.6 is 11.6 Å². The first-order chi connectivity index (χ1) is 12.8. The van der Waals surface area contributed by atoms with Gasteiger partial charge in [0.2, 0.25) is 5.91 Å². The van der Waals surface area contributed by atoms with Gasteiger partial charge in [-0.25, -0.2) is 4.79 Å². The number of hydrogen-bond donors (Lipinski definition) is 3. The van der Waals surface area contributed by atoms with Crippen LogP contribution in [0.2, 0.25) is 5.02 Å². The zero-order valence-electron chi connectivity index (χ0n) is 15.3. The molecular formula is C20H23ClN2O4. The van der Waals surface area contributed by atoms with Crippen molar-refractivity contribution >= 4 is 35.0 Å². The zero-order chi connectivity index (χ0) is 19.8. The van der Waals surface area contributed by atoms with Crippen molar-refractivity contribution in [2.75, 3.05) is 17.2 Å². The first-order valence-corrected chi connectivity index (χ1v) is 9.03. The lowest BCUT2D eigenvalue weighted by atomic mass is 10.1. The van der Waals surface area contributed by atoms with Crippen LogP contribution in [-0.2, 0) is 16.0 Å². The lowest BCUT2D eigenvalue weighted by Gasteiger charge is -2.13. The molecule has 0 aromatic heterocycles. The Morgan fingerprint density at radius 2 is 1.85 bits per heavy atom. The number of anilines is 2. The van der Waals surface area contributed by atoms with E-state index in [0.29, 0.717) is 18.5 Å². The van der Waals surface area contributed by atoms with Crippen molar-refractivity contribution < 1.29 is 19.4 Å². The van der Waals surface area contributed by atoms with Crippen molar-refractivity contribution in [2.24, 2.45) is 5.92 Å². The molecule has 0 radical (unpaired) electrons. The Balaban J connectivity index is 1.99. The van der Waals surface area contributed by atoms with Crippen molar-refractivity contribution in [3.05, 3.63) is 53.1 Å². The summed E-state index contributed by atoms with van der Waals surface area (Å²) in [6, 6.07) is 12.5. The first kappa shape index (κ1) is 20.6. The molecule has 0 unspecified atom stereocenters. The van der Waals surface area contributed by atoms with Gasteiger partial charge in [-0.15, -0.1) is 0 Å². The molecule has 0 saturated carbocycles. The SMILES string of the molecule is CC(C)COC(=O)Nc1cc(NC(=O)CCc2ccccc2)cc(Cl)c1O. The predicted molar refractivity (Wildman–Crippen MR) is 106 cm³/mol. The van der Waals surface area contributed by atoms with Crippen molar-refractivity contribution in [1.29, 1.82) is 0 Å². The Morgan fingerprint density at radius 1 is 1.15 bits per heavy atom. The molecule has 0 aliphatic rings. The standard InChI is InChI=1S/C20H23ClN2O4/c1-13(2)12-27-20(26)23-17-11-15(10-16(21)19(17)25)22-18(24)9-8-14-6-4-3-5-7-14/h3-7,10-11,13,25H,8-9,12H2,1-2H3,(H,22,24)(H,23,26). The molecular weight excluding hydrogens is 368 g/mol. The summed E-state index contributed by atoms with van der Waals surface area (Å²) in [7, 11) is 0. The minimum absolute atomic E-state index is 0.00928. The average Bonchev–Trinajstić information content (AvgIpc) is 2.63. The molecule has 0 saturated heterocycles. The summed E-state index contributed by atoms with van der Waals surface area (Å²) in [5.41, 5.74) is 1.50. The fraction of sp³-hybridized carbons (Fsp3) is 0.300.